The number of para-hydroxylation sites is 1. The fourth-order valence-corrected chi connectivity index (χ4v) is 2.26. The Morgan fingerprint density at radius 2 is 1.92 bits per heavy atom. The quantitative estimate of drug-likeness (QED) is 0.669. The van der Waals surface area contributed by atoms with Crippen LogP contribution in [0.25, 0.3) is 5.69 Å². The predicted octanol–water partition coefficient (Wildman–Crippen LogP) is 0.220. The molecule has 0 saturated heterocycles. The number of hydrogen-bond donors (Lipinski definition) is 2. The highest BCUT2D eigenvalue weighted by molar-refractivity contribution is 5.91. The largest absolute Gasteiger partial charge is 0.389 e. The van der Waals surface area contributed by atoms with Gasteiger partial charge < -0.3 is 15.0 Å². The molecule has 3 aromatic rings. The third-order valence-electron chi connectivity index (χ3n) is 3.52. The molecule has 2 N–H and O–H groups in total. The molecule has 0 radical (unpaired) electrons. The van der Waals surface area contributed by atoms with Crippen LogP contribution in [0.1, 0.15) is 10.5 Å². The first-order valence-electron chi connectivity index (χ1n) is 7.73. The van der Waals surface area contributed by atoms with Crippen LogP contribution in [0.4, 0.5) is 0 Å². The van der Waals surface area contributed by atoms with E-state index in [1.807, 2.05) is 30.3 Å². The SMILES string of the molecule is O=C(NC[C@@H](O)Cn1ccccc1=O)c1cnn(-c2ccccc2)n1. The smallest absolute Gasteiger partial charge is 0.273 e. The van der Waals surface area contributed by atoms with E-state index >= 15 is 0 Å². The van der Waals surface area contributed by atoms with Crippen LogP contribution in [0.15, 0.2) is 65.7 Å². The Morgan fingerprint density at radius 1 is 1.16 bits per heavy atom. The van der Waals surface area contributed by atoms with Crippen molar-refractivity contribution in [2.24, 2.45) is 0 Å². The molecule has 0 saturated carbocycles. The van der Waals surface area contributed by atoms with Gasteiger partial charge in [0.25, 0.3) is 11.5 Å². The molecule has 0 aliphatic carbocycles. The van der Waals surface area contributed by atoms with E-state index in [2.05, 4.69) is 15.5 Å². The molecule has 1 aromatic carbocycles. The van der Waals surface area contributed by atoms with E-state index in [1.165, 1.54) is 21.6 Å². The summed E-state index contributed by atoms with van der Waals surface area (Å²) in [5.74, 6) is -0.443. The van der Waals surface area contributed by atoms with E-state index in [4.69, 9.17) is 0 Å². The van der Waals surface area contributed by atoms with Crippen LogP contribution in [-0.2, 0) is 6.54 Å². The maximum atomic E-state index is 12.1. The topological polar surface area (TPSA) is 102 Å². The van der Waals surface area contributed by atoms with Crippen LogP contribution >= 0.6 is 0 Å². The van der Waals surface area contributed by atoms with E-state index in [0.29, 0.717) is 0 Å². The summed E-state index contributed by atoms with van der Waals surface area (Å²) >= 11 is 0. The molecular weight excluding hydrogens is 322 g/mol. The number of benzene rings is 1. The lowest BCUT2D eigenvalue weighted by atomic mass is 10.3. The average molecular weight is 339 g/mol. The van der Waals surface area contributed by atoms with Crippen molar-refractivity contribution in [1.82, 2.24) is 24.9 Å². The summed E-state index contributed by atoms with van der Waals surface area (Å²) in [6.45, 7) is 0.0923. The number of amides is 1. The third kappa shape index (κ3) is 4.18. The number of aliphatic hydroxyl groups is 1. The minimum absolute atomic E-state index is 0.00162. The molecule has 0 unspecified atom stereocenters. The van der Waals surface area contributed by atoms with Gasteiger partial charge in [0.15, 0.2) is 5.69 Å². The Hall–Kier alpha value is -3.26. The molecule has 0 aliphatic heterocycles. The van der Waals surface area contributed by atoms with Crippen molar-refractivity contribution in [3.63, 3.8) is 0 Å². The summed E-state index contributed by atoms with van der Waals surface area (Å²) < 4.78 is 1.38. The van der Waals surface area contributed by atoms with Crippen LogP contribution in [0.3, 0.4) is 0 Å². The van der Waals surface area contributed by atoms with Crippen molar-refractivity contribution in [2.45, 2.75) is 12.6 Å². The van der Waals surface area contributed by atoms with Gasteiger partial charge >= 0.3 is 0 Å². The zero-order valence-corrected chi connectivity index (χ0v) is 13.3. The monoisotopic (exact) mass is 339 g/mol. The van der Waals surface area contributed by atoms with Gasteiger partial charge in [-0.25, -0.2) is 0 Å². The van der Waals surface area contributed by atoms with E-state index in [1.54, 1.807) is 18.3 Å². The minimum atomic E-state index is -0.895. The molecule has 2 heterocycles. The Morgan fingerprint density at radius 3 is 2.68 bits per heavy atom. The van der Waals surface area contributed by atoms with Crippen LogP contribution in [0.2, 0.25) is 0 Å². The second kappa shape index (κ2) is 7.54. The van der Waals surface area contributed by atoms with Crippen molar-refractivity contribution < 1.29 is 9.90 Å². The van der Waals surface area contributed by atoms with Crippen molar-refractivity contribution in [3.05, 3.63) is 77.0 Å². The van der Waals surface area contributed by atoms with Gasteiger partial charge in [0.2, 0.25) is 0 Å². The number of hydrogen-bond acceptors (Lipinski definition) is 5. The number of nitrogens with zero attached hydrogens (tertiary/aromatic N) is 4. The zero-order valence-electron chi connectivity index (χ0n) is 13.3. The van der Waals surface area contributed by atoms with Crippen LogP contribution < -0.4 is 10.9 Å². The Labute approximate surface area is 143 Å². The summed E-state index contributed by atoms with van der Waals surface area (Å²) in [7, 11) is 0. The molecule has 2 aromatic heterocycles. The number of pyridine rings is 1. The van der Waals surface area contributed by atoms with Crippen molar-refractivity contribution >= 4 is 5.91 Å². The van der Waals surface area contributed by atoms with Gasteiger partial charge in [0.05, 0.1) is 24.5 Å². The molecule has 25 heavy (non-hydrogen) atoms. The Balaban J connectivity index is 1.57. The predicted molar refractivity (Wildman–Crippen MR) is 90.4 cm³/mol. The van der Waals surface area contributed by atoms with Crippen molar-refractivity contribution in [2.75, 3.05) is 6.54 Å². The van der Waals surface area contributed by atoms with Crippen LogP contribution in [0, 0.1) is 0 Å². The molecule has 0 aliphatic rings. The highest BCUT2D eigenvalue weighted by atomic mass is 16.3. The number of nitrogens with one attached hydrogen (secondary N) is 1. The maximum absolute atomic E-state index is 12.1. The van der Waals surface area contributed by atoms with Crippen LogP contribution in [0.5, 0.6) is 0 Å². The minimum Gasteiger partial charge on any atom is -0.389 e. The highest BCUT2D eigenvalue weighted by Crippen LogP contribution is 2.04. The fourth-order valence-electron chi connectivity index (χ4n) is 2.26. The van der Waals surface area contributed by atoms with Gasteiger partial charge in [-0.05, 0) is 18.2 Å². The van der Waals surface area contributed by atoms with Gasteiger partial charge in [0, 0.05) is 18.8 Å². The van der Waals surface area contributed by atoms with E-state index in [0.717, 1.165) is 5.69 Å². The van der Waals surface area contributed by atoms with E-state index < -0.39 is 12.0 Å². The number of aliphatic hydroxyl groups excluding tert-OH is 1. The van der Waals surface area contributed by atoms with Gasteiger partial charge in [-0.2, -0.15) is 9.90 Å². The fraction of sp³-hybridized carbons (Fsp3) is 0.176. The summed E-state index contributed by atoms with van der Waals surface area (Å²) in [6.07, 6.45) is 2.04. The standard InChI is InChI=1S/C17H17N5O3/c23-14(12-21-9-5-4-8-16(21)24)10-18-17(25)15-11-19-22(20-15)13-6-2-1-3-7-13/h1-9,11,14,23H,10,12H2,(H,18,25)/t14-/m1/s1. The molecule has 0 spiro atoms. The average Bonchev–Trinajstić information content (AvgIpc) is 3.13. The summed E-state index contributed by atoms with van der Waals surface area (Å²) in [5, 5.41) is 20.7. The van der Waals surface area contributed by atoms with Gasteiger partial charge in [-0.1, -0.05) is 24.3 Å². The lowest BCUT2D eigenvalue weighted by Crippen LogP contribution is -2.36. The van der Waals surface area contributed by atoms with Crippen molar-refractivity contribution in [3.8, 4) is 5.69 Å². The van der Waals surface area contributed by atoms with E-state index in [-0.39, 0.29) is 24.3 Å². The second-order valence-electron chi connectivity index (χ2n) is 5.41. The molecule has 1 atom stereocenters. The Bertz CT molecular complexity index is 904. The molecule has 0 fully saturated rings. The summed E-state index contributed by atoms with van der Waals surface area (Å²) in [4.78, 5) is 25.1. The number of carbonyl (C=O) groups is 1. The van der Waals surface area contributed by atoms with Gasteiger partial charge in [-0.3, -0.25) is 9.59 Å². The summed E-state index contributed by atoms with van der Waals surface area (Å²) in [6, 6.07) is 14.0. The number of aromatic nitrogens is 4. The lowest BCUT2D eigenvalue weighted by Gasteiger charge is -2.12. The maximum Gasteiger partial charge on any atom is 0.273 e. The third-order valence-corrected chi connectivity index (χ3v) is 3.52. The van der Waals surface area contributed by atoms with Gasteiger partial charge in [-0.15, -0.1) is 5.10 Å². The normalized spacial score (nSPS) is 11.9. The first kappa shape index (κ1) is 16.6. The number of carbonyl (C=O) groups excluding carboxylic acids is 1. The van der Waals surface area contributed by atoms with E-state index in [9.17, 15) is 14.7 Å². The molecule has 8 nitrogen and oxygen atoms in total. The van der Waals surface area contributed by atoms with Crippen molar-refractivity contribution in [1.29, 1.82) is 0 Å². The molecule has 0 bridgehead atoms. The molecule has 128 valence electrons. The van der Waals surface area contributed by atoms with Gasteiger partial charge in [0.1, 0.15) is 0 Å². The lowest BCUT2D eigenvalue weighted by molar-refractivity contribution is 0.0898. The molecule has 1 amide bonds. The zero-order chi connectivity index (χ0) is 17.6. The summed E-state index contributed by atoms with van der Waals surface area (Å²) in [5.41, 5.74) is 0.677. The Kier molecular flexibility index (Phi) is 5.00. The molecular formula is C17H17N5O3. The molecule has 3 rings (SSSR count). The second-order valence-corrected chi connectivity index (χ2v) is 5.41. The first-order chi connectivity index (χ1) is 12.1. The van der Waals surface area contributed by atoms with Crippen LogP contribution in [-0.4, -0.2) is 43.2 Å². The number of rotatable bonds is 6. The highest BCUT2D eigenvalue weighted by Gasteiger charge is 2.13. The first-order valence-corrected chi connectivity index (χ1v) is 7.73. The molecule has 8 heteroatoms.